The van der Waals surface area contributed by atoms with Crippen LogP contribution in [0.3, 0.4) is 0 Å². The van der Waals surface area contributed by atoms with Crippen LogP contribution in [0.25, 0.3) is 10.9 Å². The molecule has 0 unspecified atom stereocenters. The molecule has 0 bridgehead atoms. The normalized spacial score (nSPS) is 28.4. The van der Waals surface area contributed by atoms with Crippen molar-refractivity contribution in [2.24, 2.45) is 13.0 Å². The van der Waals surface area contributed by atoms with Gasteiger partial charge < -0.3 is 39.4 Å². The molecule has 4 aliphatic rings. The summed E-state index contributed by atoms with van der Waals surface area (Å²) in [5, 5.41) is 16.5. The summed E-state index contributed by atoms with van der Waals surface area (Å²) >= 11 is 6.59. The lowest BCUT2D eigenvalue weighted by atomic mass is 10.0. The highest BCUT2D eigenvalue weighted by molar-refractivity contribution is 6.36. The number of alkyl carbamates (subject to hydrolysis) is 1. The van der Waals surface area contributed by atoms with Crippen LogP contribution < -0.4 is 25.7 Å². The first-order chi connectivity index (χ1) is 23.5. The number of hydrogen-bond donors (Lipinski definition) is 3. The van der Waals surface area contributed by atoms with Crippen LogP contribution in [0.4, 0.5) is 4.79 Å². The molecule has 3 amide bonds. The van der Waals surface area contributed by atoms with Crippen LogP contribution in [0.1, 0.15) is 70.6 Å². The fraction of sp³-hybridized carbons (Fsp3) is 0.571. The van der Waals surface area contributed by atoms with E-state index in [0.29, 0.717) is 29.5 Å². The number of ether oxygens (including phenoxy) is 3. The molecule has 1 aromatic heterocycles. The Balaban J connectivity index is 1.28. The third-order valence-corrected chi connectivity index (χ3v) is 10.6. The van der Waals surface area contributed by atoms with Crippen LogP contribution in [0.15, 0.2) is 35.1 Å². The zero-order valence-electron chi connectivity index (χ0n) is 27.7. The van der Waals surface area contributed by atoms with Crippen molar-refractivity contribution in [3.05, 3.63) is 45.7 Å². The van der Waals surface area contributed by atoms with E-state index in [-0.39, 0.29) is 60.1 Å². The van der Waals surface area contributed by atoms with E-state index in [1.54, 1.807) is 19.2 Å². The van der Waals surface area contributed by atoms with Gasteiger partial charge in [0.15, 0.2) is 0 Å². The summed E-state index contributed by atoms with van der Waals surface area (Å²) in [7, 11) is 3.06. The van der Waals surface area contributed by atoms with Crippen molar-refractivity contribution in [2.45, 2.75) is 100 Å². The first kappa shape index (κ1) is 34.6. The molecule has 13 nitrogen and oxygen atoms in total. The molecule has 14 heteroatoms. The standard InChI is InChI=1S/C35H43ClN4O9/c1-39-28(41)17-27(24-13-14-26(47-2)30(36)31(24)39)48-23-16-25-32(43)38-35(33(44)45)18-20(35)9-5-3-4-6-10-21(15-29(42)40(25)19-23)37-34(46)49-22-11-7-8-12-22/h5,9,13-14,17,20-23,25H,3-4,6-8,10-12,15-16,18-19H2,1-2H3,(H,37,46)(H,38,43)(H,44,45)/b9-5-/t20-,21+,23-,25+,35-/m1/s1. The topological polar surface area (TPSA) is 166 Å². The van der Waals surface area contributed by atoms with Gasteiger partial charge in [0.2, 0.25) is 11.8 Å². The number of fused-ring (bicyclic) bond motifs is 3. The van der Waals surface area contributed by atoms with Crippen LogP contribution in [0.2, 0.25) is 5.02 Å². The number of allylic oxidation sites excluding steroid dienone is 1. The predicted molar refractivity (Wildman–Crippen MR) is 180 cm³/mol. The number of nitrogens with one attached hydrogen (secondary N) is 2. The Bertz CT molecular complexity index is 1720. The highest BCUT2D eigenvalue weighted by Crippen LogP contribution is 2.45. The zero-order chi connectivity index (χ0) is 34.9. The highest BCUT2D eigenvalue weighted by atomic mass is 35.5. The number of aryl methyl sites for hydroxylation is 1. The second kappa shape index (κ2) is 14.3. The van der Waals surface area contributed by atoms with Gasteiger partial charge in [0.05, 0.1) is 19.2 Å². The van der Waals surface area contributed by atoms with E-state index < -0.39 is 41.7 Å². The molecule has 0 spiro atoms. The molecule has 2 aliphatic carbocycles. The summed E-state index contributed by atoms with van der Waals surface area (Å²) in [6.45, 7) is 0.000152. The van der Waals surface area contributed by atoms with Crippen LogP contribution in [-0.4, -0.2) is 81.9 Å². The lowest BCUT2D eigenvalue weighted by molar-refractivity contribution is -0.145. The largest absolute Gasteiger partial charge is 0.495 e. The van der Waals surface area contributed by atoms with Gasteiger partial charge in [-0.05, 0) is 63.5 Å². The van der Waals surface area contributed by atoms with Crippen molar-refractivity contribution in [1.82, 2.24) is 20.1 Å². The molecule has 5 atom stereocenters. The predicted octanol–water partition coefficient (Wildman–Crippen LogP) is 4.07. The average molecular weight is 699 g/mol. The van der Waals surface area contributed by atoms with Crippen LogP contribution in [0, 0.1) is 5.92 Å². The van der Waals surface area contributed by atoms with Gasteiger partial charge in [-0.1, -0.05) is 30.2 Å². The molecule has 0 radical (unpaired) electrons. The Morgan fingerprint density at radius 2 is 1.82 bits per heavy atom. The Labute approximate surface area is 288 Å². The SMILES string of the molecule is COc1ccc2c(O[C@@H]3C[C@H]4C(=O)N[C@]5(C(=O)O)C[C@H]5/C=C\CCCC[C@H](NC(=O)OC5CCCC5)CC(=O)N4C3)cc(=O)n(C)c2c1Cl. The van der Waals surface area contributed by atoms with Gasteiger partial charge in [0.1, 0.15) is 40.3 Å². The summed E-state index contributed by atoms with van der Waals surface area (Å²) in [5.41, 5.74) is -1.43. The lowest BCUT2D eigenvalue weighted by Gasteiger charge is -2.27. The highest BCUT2D eigenvalue weighted by Gasteiger charge is 2.61. The van der Waals surface area contributed by atoms with Crippen molar-refractivity contribution in [1.29, 1.82) is 0 Å². The maximum atomic E-state index is 14.0. The quantitative estimate of drug-likeness (QED) is 0.377. The molecule has 1 aromatic carbocycles. The van der Waals surface area contributed by atoms with Crippen LogP contribution in [0.5, 0.6) is 11.5 Å². The second-order valence-electron chi connectivity index (χ2n) is 13.6. The Morgan fingerprint density at radius 3 is 2.55 bits per heavy atom. The van der Waals surface area contributed by atoms with Crippen LogP contribution in [-0.2, 0) is 26.2 Å². The number of carbonyl (C=O) groups is 4. The number of carboxylic acids is 1. The van der Waals surface area contributed by atoms with E-state index in [1.807, 2.05) is 12.2 Å². The number of hydrogen-bond acceptors (Lipinski definition) is 8. The zero-order valence-corrected chi connectivity index (χ0v) is 28.5. The molecule has 3 N–H and O–H groups in total. The Morgan fingerprint density at radius 1 is 1.06 bits per heavy atom. The lowest BCUT2D eigenvalue weighted by Crippen LogP contribution is -2.53. The Hall–Kier alpha value is -4.26. The third-order valence-electron chi connectivity index (χ3n) is 10.3. The van der Waals surface area contributed by atoms with Gasteiger partial charge >= 0.3 is 12.1 Å². The maximum absolute atomic E-state index is 14.0. The minimum absolute atomic E-state index is 0.000152. The monoisotopic (exact) mass is 698 g/mol. The maximum Gasteiger partial charge on any atom is 0.407 e. The molecule has 1 saturated heterocycles. The van der Waals surface area contributed by atoms with Gasteiger partial charge in [-0.15, -0.1) is 0 Å². The van der Waals surface area contributed by atoms with Crippen molar-refractivity contribution in [3.8, 4) is 11.5 Å². The molecule has 6 rings (SSSR count). The first-order valence-electron chi connectivity index (χ1n) is 17.0. The van der Waals surface area contributed by atoms with Gasteiger partial charge in [0.25, 0.3) is 5.56 Å². The fourth-order valence-corrected chi connectivity index (χ4v) is 7.77. The molecule has 2 saturated carbocycles. The van der Waals surface area contributed by atoms with E-state index in [9.17, 15) is 29.1 Å². The van der Waals surface area contributed by atoms with Gasteiger partial charge in [-0.25, -0.2) is 9.59 Å². The van der Waals surface area contributed by atoms with Crippen molar-refractivity contribution >= 4 is 46.4 Å². The minimum atomic E-state index is -1.45. The first-order valence-corrected chi connectivity index (χ1v) is 17.4. The van der Waals surface area contributed by atoms with Crippen molar-refractivity contribution < 1.29 is 38.5 Å². The molecule has 2 aromatic rings. The molecule has 3 fully saturated rings. The molecule has 3 heterocycles. The summed E-state index contributed by atoms with van der Waals surface area (Å²) in [4.78, 5) is 67.5. The van der Waals surface area contributed by atoms with E-state index in [2.05, 4.69) is 10.6 Å². The molecular weight excluding hydrogens is 656 g/mol. The van der Waals surface area contributed by atoms with Gasteiger partial charge in [-0.2, -0.15) is 0 Å². The molecule has 264 valence electrons. The number of halogens is 1. The van der Waals surface area contributed by atoms with E-state index in [4.69, 9.17) is 25.8 Å². The third kappa shape index (κ3) is 7.22. The minimum Gasteiger partial charge on any atom is -0.495 e. The Kier molecular flexibility index (Phi) is 10.1. The number of benzene rings is 1. The second-order valence-corrected chi connectivity index (χ2v) is 13.9. The molecule has 2 aliphatic heterocycles. The van der Waals surface area contributed by atoms with Gasteiger partial charge in [-0.3, -0.25) is 14.4 Å². The number of rotatable bonds is 6. The van der Waals surface area contributed by atoms with Crippen molar-refractivity contribution in [3.63, 3.8) is 0 Å². The summed E-state index contributed by atoms with van der Waals surface area (Å²) in [6, 6.07) is 3.14. The average Bonchev–Trinajstić information content (AvgIpc) is 3.34. The number of amides is 3. The number of aliphatic carboxylic acids is 1. The number of aromatic nitrogens is 1. The van der Waals surface area contributed by atoms with E-state index in [1.165, 1.54) is 22.6 Å². The number of nitrogens with zero attached hydrogens (tertiary/aromatic N) is 2. The van der Waals surface area contributed by atoms with E-state index in [0.717, 1.165) is 38.5 Å². The fourth-order valence-electron chi connectivity index (χ4n) is 7.40. The molecular formula is C35H43ClN4O9. The van der Waals surface area contributed by atoms with Crippen molar-refractivity contribution in [2.75, 3.05) is 13.7 Å². The van der Waals surface area contributed by atoms with E-state index >= 15 is 0 Å². The summed E-state index contributed by atoms with van der Waals surface area (Å²) in [6.07, 6.45) is 8.96. The number of carbonyl (C=O) groups excluding carboxylic acids is 3. The molecule has 49 heavy (non-hydrogen) atoms. The smallest absolute Gasteiger partial charge is 0.407 e. The van der Waals surface area contributed by atoms with Crippen LogP contribution >= 0.6 is 11.6 Å². The summed E-state index contributed by atoms with van der Waals surface area (Å²) in [5.74, 6) is -1.88. The number of methoxy groups -OCH3 is 1. The number of pyridine rings is 1. The summed E-state index contributed by atoms with van der Waals surface area (Å²) < 4.78 is 18.7. The van der Waals surface area contributed by atoms with Gasteiger partial charge in [0, 0.05) is 43.3 Å². The number of carboxylic acid groups (broad SMARTS) is 1.